The third-order valence-electron chi connectivity index (χ3n) is 5.17. The van der Waals surface area contributed by atoms with Gasteiger partial charge in [0.25, 0.3) is 5.91 Å². The highest BCUT2D eigenvalue weighted by atomic mass is 16.5. The van der Waals surface area contributed by atoms with Gasteiger partial charge in [-0.15, -0.1) is 0 Å². The minimum Gasteiger partial charge on any atom is -0.493 e. The van der Waals surface area contributed by atoms with Crippen LogP contribution in [-0.4, -0.2) is 62.8 Å². The summed E-state index contributed by atoms with van der Waals surface area (Å²) >= 11 is 0. The summed E-state index contributed by atoms with van der Waals surface area (Å²) in [5.74, 6) is 1.12. The van der Waals surface area contributed by atoms with Crippen molar-refractivity contribution >= 4 is 11.8 Å². The number of carbonyl (C=O) groups excluding carboxylic acids is 2. The second-order valence-corrected chi connectivity index (χ2v) is 6.97. The van der Waals surface area contributed by atoms with Gasteiger partial charge in [-0.2, -0.15) is 0 Å². The Balaban J connectivity index is 1.39. The fourth-order valence-corrected chi connectivity index (χ4v) is 3.52. The van der Waals surface area contributed by atoms with E-state index in [2.05, 4.69) is 5.32 Å². The summed E-state index contributed by atoms with van der Waals surface area (Å²) in [6, 6.07) is 7.25. The molecule has 2 saturated heterocycles. The molecule has 7 nitrogen and oxygen atoms in total. The number of amides is 2. The monoisotopic (exact) mass is 376 g/mol. The molecular formula is C20H28N2O5. The van der Waals surface area contributed by atoms with E-state index in [0.29, 0.717) is 44.0 Å². The highest BCUT2D eigenvalue weighted by molar-refractivity contribution is 5.80. The molecule has 1 aromatic carbocycles. The standard InChI is InChI=1S/C20H28N2O5/c1-25-17-6-2-3-7-18(17)27-14-19(23)22-10-8-15(9-11-22)20(24)21-13-16-5-4-12-26-16/h2-3,6-7,15-16H,4-5,8-14H2,1H3,(H,21,24). The van der Waals surface area contributed by atoms with Gasteiger partial charge in [-0.3, -0.25) is 9.59 Å². The van der Waals surface area contributed by atoms with Crippen LogP contribution < -0.4 is 14.8 Å². The van der Waals surface area contributed by atoms with Gasteiger partial charge >= 0.3 is 0 Å². The van der Waals surface area contributed by atoms with Crippen molar-refractivity contribution in [2.75, 3.05) is 40.0 Å². The summed E-state index contributed by atoms with van der Waals surface area (Å²) in [5.41, 5.74) is 0. The maximum atomic E-state index is 12.4. The molecular weight excluding hydrogens is 348 g/mol. The Hall–Kier alpha value is -2.28. The van der Waals surface area contributed by atoms with Gasteiger partial charge in [0.1, 0.15) is 0 Å². The number of methoxy groups -OCH3 is 1. The molecule has 1 unspecified atom stereocenters. The average molecular weight is 376 g/mol. The van der Waals surface area contributed by atoms with Crippen LogP contribution in [0.25, 0.3) is 0 Å². The number of carbonyl (C=O) groups is 2. The molecule has 0 aromatic heterocycles. The van der Waals surface area contributed by atoms with Crippen LogP contribution in [0, 0.1) is 5.92 Å². The van der Waals surface area contributed by atoms with E-state index in [1.807, 2.05) is 12.1 Å². The molecule has 2 amide bonds. The van der Waals surface area contributed by atoms with Gasteiger partial charge in [0.2, 0.25) is 5.91 Å². The Morgan fingerprint density at radius 1 is 1.19 bits per heavy atom. The second kappa shape index (κ2) is 9.60. The average Bonchev–Trinajstić information content (AvgIpc) is 3.24. The van der Waals surface area contributed by atoms with Crippen LogP contribution in [0.1, 0.15) is 25.7 Å². The van der Waals surface area contributed by atoms with Crippen molar-refractivity contribution in [2.45, 2.75) is 31.8 Å². The summed E-state index contributed by atoms with van der Waals surface area (Å²) in [4.78, 5) is 26.5. The van der Waals surface area contributed by atoms with Crippen LogP contribution in [0.5, 0.6) is 11.5 Å². The summed E-state index contributed by atoms with van der Waals surface area (Å²) < 4.78 is 16.4. The number of benzene rings is 1. The van der Waals surface area contributed by atoms with E-state index >= 15 is 0 Å². The molecule has 0 saturated carbocycles. The fraction of sp³-hybridized carbons (Fsp3) is 0.600. The van der Waals surface area contributed by atoms with Crippen LogP contribution in [0.2, 0.25) is 0 Å². The third-order valence-corrected chi connectivity index (χ3v) is 5.17. The number of nitrogens with zero attached hydrogens (tertiary/aromatic N) is 1. The van der Waals surface area contributed by atoms with Crippen molar-refractivity contribution in [3.63, 3.8) is 0 Å². The van der Waals surface area contributed by atoms with Gasteiger partial charge in [-0.25, -0.2) is 0 Å². The molecule has 0 bridgehead atoms. The zero-order chi connectivity index (χ0) is 19.1. The predicted molar refractivity (Wildman–Crippen MR) is 99.8 cm³/mol. The maximum absolute atomic E-state index is 12.4. The number of rotatable bonds is 7. The summed E-state index contributed by atoms with van der Waals surface area (Å²) in [5, 5.41) is 2.99. The molecule has 2 fully saturated rings. The van der Waals surface area contributed by atoms with E-state index in [9.17, 15) is 9.59 Å². The highest BCUT2D eigenvalue weighted by Crippen LogP contribution is 2.26. The number of hydrogen-bond acceptors (Lipinski definition) is 5. The molecule has 2 aliphatic heterocycles. The van der Waals surface area contributed by atoms with Crippen LogP contribution in [0.3, 0.4) is 0 Å². The van der Waals surface area contributed by atoms with Gasteiger partial charge in [0, 0.05) is 32.2 Å². The van der Waals surface area contributed by atoms with Crippen LogP contribution in [0.15, 0.2) is 24.3 Å². The van der Waals surface area contributed by atoms with Crippen molar-refractivity contribution in [1.82, 2.24) is 10.2 Å². The molecule has 27 heavy (non-hydrogen) atoms. The van der Waals surface area contributed by atoms with E-state index in [0.717, 1.165) is 19.4 Å². The molecule has 0 aliphatic carbocycles. The number of hydrogen-bond donors (Lipinski definition) is 1. The molecule has 148 valence electrons. The number of nitrogens with one attached hydrogen (secondary N) is 1. The maximum Gasteiger partial charge on any atom is 0.260 e. The van der Waals surface area contributed by atoms with E-state index in [1.165, 1.54) is 0 Å². The quantitative estimate of drug-likeness (QED) is 0.782. The Kier molecular flexibility index (Phi) is 6.92. The van der Waals surface area contributed by atoms with E-state index in [-0.39, 0.29) is 30.4 Å². The lowest BCUT2D eigenvalue weighted by Crippen LogP contribution is -2.45. The first-order valence-corrected chi connectivity index (χ1v) is 9.60. The number of para-hydroxylation sites is 2. The summed E-state index contributed by atoms with van der Waals surface area (Å²) in [7, 11) is 1.57. The first-order chi connectivity index (χ1) is 13.2. The predicted octanol–water partition coefficient (Wildman–Crippen LogP) is 1.61. The van der Waals surface area contributed by atoms with Gasteiger partial charge in [-0.1, -0.05) is 12.1 Å². The molecule has 2 heterocycles. The number of likely N-dealkylation sites (tertiary alicyclic amines) is 1. The molecule has 1 N–H and O–H groups in total. The summed E-state index contributed by atoms with van der Waals surface area (Å²) in [6.45, 7) is 2.50. The van der Waals surface area contributed by atoms with Crippen molar-refractivity contribution < 1.29 is 23.8 Å². The van der Waals surface area contributed by atoms with Crippen molar-refractivity contribution in [1.29, 1.82) is 0 Å². The molecule has 3 rings (SSSR count). The molecule has 0 spiro atoms. The molecule has 2 aliphatic rings. The van der Waals surface area contributed by atoms with E-state index < -0.39 is 0 Å². The van der Waals surface area contributed by atoms with Gasteiger partial charge in [0.05, 0.1) is 13.2 Å². The fourth-order valence-electron chi connectivity index (χ4n) is 3.52. The zero-order valence-corrected chi connectivity index (χ0v) is 15.8. The lowest BCUT2D eigenvalue weighted by molar-refractivity contribution is -0.137. The Morgan fingerprint density at radius 3 is 2.59 bits per heavy atom. The second-order valence-electron chi connectivity index (χ2n) is 6.97. The van der Waals surface area contributed by atoms with Crippen LogP contribution in [-0.2, 0) is 14.3 Å². The zero-order valence-electron chi connectivity index (χ0n) is 15.8. The SMILES string of the molecule is COc1ccccc1OCC(=O)N1CCC(C(=O)NCC2CCCO2)CC1. The normalized spacial score (nSPS) is 20.3. The largest absolute Gasteiger partial charge is 0.493 e. The van der Waals surface area contributed by atoms with Crippen LogP contribution in [0.4, 0.5) is 0 Å². The van der Waals surface area contributed by atoms with Crippen molar-refractivity contribution in [3.05, 3.63) is 24.3 Å². The minimum atomic E-state index is -0.0703. The van der Waals surface area contributed by atoms with Gasteiger partial charge in [-0.05, 0) is 37.8 Å². The smallest absolute Gasteiger partial charge is 0.260 e. The third kappa shape index (κ3) is 5.35. The van der Waals surface area contributed by atoms with Crippen molar-refractivity contribution in [3.8, 4) is 11.5 Å². The lowest BCUT2D eigenvalue weighted by atomic mass is 9.96. The first-order valence-electron chi connectivity index (χ1n) is 9.60. The Bertz CT molecular complexity index is 637. The molecule has 0 radical (unpaired) electrons. The number of piperidine rings is 1. The molecule has 1 atom stereocenters. The minimum absolute atomic E-state index is 0.0315. The molecule has 7 heteroatoms. The summed E-state index contributed by atoms with van der Waals surface area (Å²) in [6.07, 6.45) is 3.59. The van der Waals surface area contributed by atoms with Gasteiger partial charge < -0.3 is 24.4 Å². The molecule has 1 aromatic rings. The first kappa shape index (κ1) is 19.5. The van der Waals surface area contributed by atoms with E-state index in [1.54, 1.807) is 24.1 Å². The van der Waals surface area contributed by atoms with Crippen molar-refractivity contribution in [2.24, 2.45) is 5.92 Å². The lowest BCUT2D eigenvalue weighted by Gasteiger charge is -2.31. The van der Waals surface area contributed by atoms with Crippen LogP contribution >= 0.6 is 0 Å². The Morgan fingerprint density at radius 2 is 1.93 bits per heavy atom. The van der Waals surface area contributed by atoms with E-state index in [4.69, 9.17) is 14.2 Å². The topological polar surface area (TPSA) is 77.1 Å². The number of ether oxygens (including phenoxy) is 3. The van der Waals surface area contributed by atoms with Gasteiger partial charge in [0.15, 0.2) is 18.1 Å². The Labute approximate surface area is 160 Å². The highest BCUT2D eigenvalue weighted by Gasteiger charge is 2.28.